The summed E-state index contributed by atoms with van der Waals surface area (Å²) in [6.07, 6.45) is 1.56. The van der Waals surface area contributed by atoms with Crippen LogP contribution in [-0.2, 0) is 0 Å². The third-order valence-electron chi connectivity index (χ3n) is 0.660. The Bertz CT molecular complexity index is 74.6. The van der Waals surface area contributed by atoms with E-state index >= 15 is 0 Å². The molecule has 1 heterocycles. The lowest BCUT2D eigenvalue weighted by Crippen LogP contribution is -2.71. The van der Waals surface area contributed by atoms with Gasteiger partial charge < -0.3 is 0 Å². The summed E-state index contributed by atoms with van der Waals surface area (Å²) in [4.78, 5) is 0. The quantitative estimate of drug-likeness (QED) is 0.270. The summed E-state index contributed by atoms with van der Waals surface area (Å²) in [6.45, 7) is 3.48. The normalized spacial score (nSPS) is 20.8. The maximum atomic E-state index is 3.48. The molecule has 1 fully saturated rings. The summed E-state index contributed by atoms with van der Waals surface area (Å²) in [6, 6.07) is 0. The molecule has 1 aliphatic heterocycles. The standard InChI is InChI=1S/C2H8N6/c1-2-8-6-4-3-5-7-8/h2-7H,1H2. The highest BCUT2D eigenvalue weighted by molar-refractivity contribution is 4.59. The van der Waals surface area contributed by atoms with Crippen LogP contribution in [0, 0.1) is 0 Å². The molecule has 0 aromatic heterocycles. The lowest BCUT2D eigenvalue weighted by Gasteiger charge is -2.27. The van der Waals surface area contributed by atoms with Crippen molar-refractivity contribution >= 4 is 0 Å². The average Bonchev–Trinajstić information content (AvgIpc) is 1.90. The predicted molar refractivity (Wildman–Crippen MR) is 27.7 cm³/mol. The van der Waals surface area contributed by atoms with Gasteiger partial charge in [-0.05, 0) is 0 Å². The van der Waals surface area contributed by atoms with Gasteiger partial charge in [-0.1, -0.05) is 6.58 Å². The van der Waals surface area contributed by atoms with E-state index in [1.165, 1.54) is 5.12 Å². The molecule has 5 N–H and O–H groups in total. The lowest BCUT2D eigenvalue weighted by molar-refractivity contribution is 0.0282. The third kappa shape index (κ3) is 1.15. The van der Waals surface area contributed by atoms with E-state index in [-0.39, 0.29) is 0 Å². The third-order valence-corrected chi connectivity index (χ3v) is 0.660. The van der Waals surface area contributed by atoms with Crippen LogP contribution in [0.5, 0.6) is 0 Å². The molecule has 46 valence electrons. The maximum absolute atomic E-state index is 3.48. The van der Waals surface area contributed by atoms with Crippen LogP contribution in [0.25, 0.3) is 0 Å². The van der Waals surface area contributed by atoms with E-state index in [2.05, 4.69) is 34.3 Å². The van der Waals surface area contributed by atoms with Crippen LogP contribution in [-0.4, -0.2) is 5.12 Å². The van der Waals surface area contributed by atoms with E-state index in [4.69, 9.17) is 0 Å². The van der Waals surface area contributed by atoms with Gasteiger partial charge in [0.2, 0.25) is 0 Å². The molecule has 0 atom stereocenters. The Balaban J connectivity index is 2.22. The molecule has 0 aromatic rings. The molecule has 0 aromatic carbocycles. The van der Waals surface area contributed by atoms with Gasteiger partial charge in [-0.2, -0.15) is 16.6 Å². The fraction of sp³-hybridized carbons (Fsp3) is 0. The number of rotatable bonds is 1. The second kappa shape index (κ2) is 2.60. The van der Waals surface area contributed by atoms with Gasteiger partial charge in [0, 0.05) is 6.20 Å². The van der Waals surface area contributed by atoms with E-state index in [0.29, 0.717) is 0 Å². The lowest BCUT2D eigenvalue weighted by atomic mass is 11.0. The minimum atomic E-state index is 1.50. The summed E-state index contributed by atoms with van der Waals surface area (Å²) >= 11 is 0. The van der Waals surface area contributed by atoms with Gasteiger partial charge in [0.25, 0.3) is 0 Å². The van der Waals surface area contributed by atoms with Crippen LogP contribution in [0.3, 0.4) is 0 Å². The zero-order valence-electron chi connectivity index (χ0n) is 4.23. The molecule has 0 amide bonds. The van der Waals surface area contributed by atoms with Crippen molar-refractivity contribution in [2.24, 2.45) is 0 Å². The van der Waals surface area contributed by atoms with Crippen LogP contribution in [0.1, 0.15) is 0 Å². The van der Waals surface area contributed by atoms with Crippen molar-refractivity contribution in [2.75, 3.05) is 0 Å². The Morgan fingerprint density at radius 3 is 2.12 bits per heavy atom. The highest BCUT2D eigenvalue weighted by Crippen LogP contribution is 1.68. The van der Waals surface area contributed by atoms with Crippen molar-refractivity contribution in [1.29, 1.82) is 0 Å². The van der Waals surface area contributed by atoms with Crippen LogP contribution in [0.15, 0.2) is 12.8 Å². The molecule has 1 aliphatic rings. The first-order chi connectivity index (χ1) is 3.93. The Hall–Kier alpha value is -0.660. The molecule has 8 heavy (non-hydrogen) atoms. The van der Waals surface area contributed by atoms with Gasteiger partial charge in [0.05, 0.1) is 0 Å². The van der Waals surface area contributed by atoms with E-state index in [0.717, 1.165) is 0 Å². The van der Waals surface area contributed by atoms with Gasteiger partial charge in [0.1, 0.15) is 0 Å². The van der Waals surface area contributed by atoms with Crippen LogP contribution < -0.4 is 27.7 Å². The van der Waals surface area contributed by atoms with Crippen molar-refractivity contribution in [3.8, 4) is 0 Å². The van der Waals surface area contributed by atoms with E-state index in [1.54, 1.807) is 6.20 Å². The van der Waals surface area contributed by atoms with Gasteiger partial charge in [-0.15, -0.1) is 11.1 Å². The van der Waals surface area contributed by atoms with Gasteiger partial charge in [-0.3, -0.25) is 0 Å². The molecular weight excluding hydrogens is 108 g/mol. The van der Waals surface area contributed by atoms with Crippen molar-refractivity contribution < 1.29 is 0 Å². The first-order valence-electron chi connectivity index (χ1n) is 2.11. The molecule has 0 spiro atoms. The molecule has 0 unspecified atom stereocenters. The van der Waals surface area contributed by atoms with Crippen molar-refractivity contribution in [3.63, 3.8) is 0 Å². The first-order valence-corrected chi connectivity index (χ1v) is 2.11. The molecule has 0 radical (unpaired) electrons. The topological polar surface area (TPSA) is 63.4 Å². The summed E-state index contributed by atoms with van der Waals surface area (Å²) in [5, 5.41) is 1.50. The Morgan fingerprint density at radius 1 is 1.12 bits per heavy atom. The van der Waals surface area contributed by atoms with Gasteiger partial charge in [-0.25, -0.2) is 5.12 Å². The van der Waals surface area contributed by atoms with Crippen molar-refractivity contribution in [3.05, 3.63) is 12.8 Å². The molecule has 1 saturated heterocycles. The van der Waals surface area contributed by atoms with E-state index in [1.807, 2.05) is 0 Å². The van der Waals surface area contributed by atoms with Gasteiger partial charge in [0.15, 0.2) is 0 Å². The minimum absolute atomic E-state index is 1.50. The number of nitrogens with zero attached hydrogens (tertiary/aromatic N) is 1. The average molecular weight is 116 g/mol. The molecule has 6 nitrogen and oxygen atoms in total. The monoisotopic (exact) mass is 116 g/mol. The number of nitrogens with one attached hydrogen (secondary N) is 5. The molecule has 0 bridgehead atoms. The fourth-order valence-electron chi connectivity index (χ4n) is 0.327. The number of hydrogen-bond acceptors (Lipinski definition) is 6. The minimum Gasteiger partial charge on any atom is -0.220 e. The highest BCUT2D eigenvalue weighted by Gasteiger charge is 1.97. The first kappa shape index (κ1) is 5.48. The Morgan fingerprint density at radius 2 is 1.75 bits per heavy atom. The number of hydrazine groups is 6. The van der Waals surface area contributed by atoms with E-state index < -0.39 is 0 Å². The molecule has 0 saturated carbocycles. The number of hydrogen-bond donors (Lipinski definition) is 5. The van der Waals surface area contributed by atoms with Crippen molar-refractivity contribution in [1.82, 2.24) is 32.8 Å². The van der Waals surface area contributed by atoms with Crippen LogP contribution in [0.4, 0.5) is 0 Å². The summed E-state index contributed by atoms with van der Waals surface area (Å²) < 4.78 is 0. The van der Waals surface area contributed by atoms with Gasteiger partial charge >= 0.3 is 0 Å². The maximum Gasteiger partial charge on any atom is 0.0298 e. The van der Waals surface area contributed by atoms with Crippen LogP contribution >= 0.6 is 0 Å². The summed E-state index contributed by atoms with van der Waals surface area (Å²) in [5.41, 5.74) is 13.0. The van der Waals surface area contributed by atoms with Crippen LogP contribution in [0.2, 0.25) is 0 Å². The largest absolute Gasteiger partial charge is 0.220 e. The summed E-state index contributed by atoms with van der Waals surface area (Å²) in [5.74, 6) is 0. The molecule has 1 rings (SSSR count). The molecule has 0 aliphatic carbocycles. The zero-order valence-corrected chi connectivity index (χ0v) is 4.23. The highest BCUT2D eigenvalue weighted by atomic mass is 16.1. The predicted octanol–water partition coefficient (Wildman–Crippen LogP) is -2.12. The fourth-order valence-corrected chi connectivity index (χ4v) is 0.327. The molecular formula is C2H8N6. The smallest absolute Gasteiger partial charge is 0.0298 e. The van der Waals surface area contributed by atoms with Crippen molar-refractivity contribution in [2.45, 2.75) is 0 Å². The molecule has 6 heteroatoms. The zero-order chi connectivity index (χ0) is 5.82. The second-order valence-electron chi connectivity index (χ2n) is 1.15. The summed E-state index contributed by atoms with van der Waals surface area (Å²) in [7, 11) is 0. The second-order valence-corrected chi connectivity index (χ2v) is 1.15. The Labute approximate surface area is 46.7 Å². The Kier molecular flexibility index (Phi) is 1.78. The van der Waals surface area contributed by atoms with E-state index in [9.17, 15) is 0 Å². The SMILES string of the molecule is C=CN1NNNNN1.